The van der Waals surface area contributed by atoms with E-state index in [1.165, 1.54) is 7.11 Å². The monoisotopic (exact) mass is 219 g/mol. The van der Waals surface area contributed by atoms with Gasteiger partial charge in [-0.15, -0.1) is 0 Å². The van der Waals surface area contributed by atoms with Crippen molar-refractivity contribution in [2.24, 2.45) is 0 Å². The molecular weight excluding hydrogens is 206 g/mol. The fourth-order valence-corrected chi connectivity index (χ4v) is 1.74. The van der Waals surface area contributed by atoms with Crippen LogP contribution in [-0.2, 0) is 21.3 Å². The predicted octanol–water partition coefficient (Wildman–Crippen LogP) is -0.524. The lowest BCUT2D eigenvalue weighted by atomic mass is 10.4. The maximum absolute atomic E-state index is 11.3. The largest absolute Gasteiger partial charge is 0.384 e. The maximum Gasteiger partial charge on any atom is 0.214 e. The van der Waals surface area contributed by atoms with Crippen molar-refractivity contribution in [3.63, 3.8) is 0 Å². The van der Waals surface area contributed by atoms with Crippen molar-refractivity contribution in [1.82, 2.24) is 14.9 Å². The van der Waals surface area contributed by atoms with Crippen molar-refractivity contribution < 1.29 is 13.2 Å². The number of hydrogen-bond donors (Lipinski definition) is 2. The highest BCUT2D eigenvalue weighted by Gasteiger charge is 2.09. The van der Waals surface area contributed by atoms with E-state index in [1.54, 1.807) is 12.3 Å². The van der Waals surface area contributed by atoms with Crippen molar-refractivity contribution in [1.29, 1.82) is 0 Å². The summed E-state index contributed by atoms with van der Waals surface area (Å²) in [5.74, 6) is -0.0301. The van der Waals surface area contributed by atoms with Gasteiger partial charge in [-0.05, 0) is 6.07 Å². The lowest BCUT2D eigenvalue weighted by molar-refractivity contribution is 0.217. The number of methoxy groups -OCH3 is 1. The Morgan fingerprint density at radius 3 is 3.00 bits per heavy atom. The molecule has 0 aromatic carbocycles. The Bertz CT molecular complexity index is 346. The van der Waals surface area contributed by atoms with Gasteiger partial charge in [0.25, 0.3) is 0 Å². The summed E-state index contributed by atoms with van der Waals surface area (Å²) in [6.07, 6.45) is 1.57. The zero-order valence-corrected chi connectivity index (χ0v) is 8.67. The number of hydrogen-bond acceptors (Lipinski definition) is 4. The zero-order chi connectivity index (χ0) is 10.4. The fourth-order valence-electron chi connectivity index (χ4n) is 0.836. The SMILES string of the molecule is COCCS(=O)(=O)NCc1ccn[nH]1. The van der Waals surface area contributed by atoms with E-state index in [9.17, 15) is 8.42 Å². The standard InChI is InChI=1S/C7H13N3O3S/c1-13-4-5-14(11,12)9-6-7-2-3-8-10-7/h2-3,9H,4-6H2,1H3,(H,8,10). The first-order chi connectivity index (χ1) is 6.64. The molecule has 14 heavy (non-hydrogen) atoms. The van der Waals surface area contributed by atoms with Gasteiger partial charge in [-0.25, -0.2) is 13.1 Å². The normalized spacial score (nSPS) is 11.8. The quantitative estimate of drug-likeness (QED) is 0.674. The van der Waals surface area contributed by atoms with Crippen LogP contribution in [0.4, 0.5) is 0 Å². The summed E-state index contributed by atoms with van der Waals surface area (Å²) in [4.78, 5) is 0. The topological polar surface area (TPSA) is 84.1 Å². The van der Waals surface area contributed by atoms with E-state index in [0.29, 0.717) is 0 Å². The Morgan fingerprint density at radius 2 is 2.43 bits per heavy atom. The number of aromatic amines is 1. The highest BCUT2D eigenvalue weighted by Crippen LogP contribution is 1.93. The highest BCUT2D eigenvalue weighted by atomic mass is 32.2. The van der Waals surface area contributed by atoms with Crippen molar-refractivity contribution in [3.8, 4) is 0 Å². The maximum atomic E-state index is 11.3. The molecule has 7 heteroatoms. The molecule has 0 amide bonds. The molecule has 0 saturated carbocycles. The van der Waals surface area contributed by atoms with Gasteiger partial charge in [0.05, 0.1) is 24.6 Å². The minimum Gasteiger partial charge on any atom is -0.384 e. The first kappa shape index (κ1) is 11.2. The third-order valence-corrected chi connectivity index (χ3v) is 2.89. The first-order valence-corrected chi connectivity index (χ1v) is 5.74. The Hall–Kier alpha value is -0.920. The molecule has 1 heterocycles. The van der Waals surface area contributed by atoms with Gasteiger partial charge in [0.2, 0.25) is 10.0 Å². The smallest absolute Gasteiger partial charge is 0.214 e. The summed E-state index contributed by atoms with van der Waals surface area (Å²) < 4.78 is 29.6. The van der Waals surface area contributed by atoms with Crippen LogP contribution in [-0.4, -0.2) is 38.1 Å². The van der Waals surface area contributed by atoms with Gasteiger partial charge in [0, 0.05) is 13.3 Å². The van der Waals surface area contributed by atoms with Crippen LogP contribution in [0.2, 0.25) is 0 Å². The molecule has 0 atom stereocenters. The molecule has 0 bridgehead atoms. The van der Waals surface area contributed by atoms with Gasteiger partial charge in [-0.3, -0.25) is 5.10 Å². The Morgan fingerprint density at radius 1 is 1.64 bits per heavy atom. The van der Waals surface area contributed by atoms with Crippen LogP contribution in [0.1, 0.15) is 5.69 Å². The molecule has 0 fully saturated rings. The van der Waals surface area contributed by atoms with Crippen LogP contribution in [0.5, 0.6) is 0 Å². The Labute approximate surface area is 82.7 Å². The molecule has 0 aliphatic heterocycles. The number of nitrogens with zero attached hydrogens (tertiary/aromatic N) is 1. The average molecular weight is 219 g/mol. The molecule has 0 radical (unpaired) electrons. The van der Waals surface area contributed by atoms with Gasteiger partial charge in [0.1, 0.15) is 0 Å². The molecule has 0 aliphatic rings. The molecule has 2 N–H and O–H groups in total. The summed E-state index contributed by atoms with van der Waals surface area (Å²) >= 11 is 0. The fraction of sp³-hybridized carbons (Fsp3) is 0.571. The van der Waals surface area contributed by atoms with E-state index >= 15 is 0 Å². The third-order valence-electron chi connectivity index (χ3n) is 1.60. The minimum atomic E-state index is -3.24. The van der Waals surface area contributed by atoms with Crippen LogP contribution in [0, 0.1) is 0 Å². The average Bonchev–Trinajstić information content (AvgIpc) is 2.64. The summed E-state index contributed by atoms with van der Waals surface area (Å²) in [5.41, 5.74) is 0.728. The van der Waals surface area contributed by atoms with E-state index in [4.69, 9.17) is 0 Å². The number of ether oxygens (including phenoxy) is 1. The van der Waals surface area contributed by atoms with Gasteiger partial charge in [-0.1, -0.05) is 0 Å². The minimum absolute atomic E-state index is 0.0301. The van der Waals surface area contributed by atoms with Crippen LogP contribution in [0.3, 0.4) is 0 Å². The number of rotatable bonds is 6. The molecule has 1 rings (SSSR count). The second-order valence-corrected chi connectivity index (χ2v) is 4.64. The predicted molar refractivity (Wildman–Crippen MR) is 51.1 cm³/mol. The second kappa shape index (κ2) is 5.08. The highest BCUT2D eigenvalue weighted by molar-refractivity contribution is 7.89. The molecule has 1 aromatic rings. The van der Waals surface area contributed by atoms with E-state index in [1.807, 2.05) is 0 Å². The Kier molecular flexibility index (Phi) is 4.05. The number of nitrogens with one attached hydrogen (secondary N) is 2. The molecule has 0 unspecified atom stereocenters. The van der Waals surface area contributed by atoms with E-state index < -0.39 is 10.0 Å². The van der Waals surface area contributed by atoms with Crippen molar-refractivity contribution in [3.05, 3.63) is 18.0 Å². The van der Waals surface area contributed by atoms with Crippen LogP contribution in [0.15, 0.2) is 12.3 Å². The van der Waals surface area contributed by atoms with E-state index in [-0.39, 0.29) is 18.9 Å². The summed E-state index contributed by atoms with van der Waals surface area (Å²) in [6.45, 7) is 0.421. The van der Waals surface area contributed by atoms with Gasteiger partial charge in [0.15, 0.2) is 0 Å². The summed E-state index contributed by atoms with van der Waals surface area (Å²) in [7, 11) is -1.78. The lowest BCUT2D eigenvalue weighted by Gasteiger charge is -2.04. The lowest BCUT2D eigenvalue weighted by Crippen LogP contribution is -2.27. The second-order valence-electron chi connectivity index (χ2n) is 2.71. The van der Waals surface area contributed by atoms with Crippen molar-refractivity contribution >= 4 is 10.0 Å². The van der Waals surface area contributed by atoms with Crippen LogP contribution < -0.4 is 4.72 Å². The molecule has 6 nitrogen and oxygen atoms in total. The van der Waals surface area contributed by atoms with Crippen LogP contribution >= 0.6 is 0 Å². The zero-order valence-electron chi connectivity index (χ0n) is 7.86. The number of H-pyrrole nitrogens is 1. The third kappa shape index (κ3) is 3.86. The molecule has 80 valence electrons. The van der Waals surface area contributed by atoms with Crippen molar-refractivity contribution in [2.75, 3.05) is 19.5 Å². The van der Waals surface area contributed by atoms with Gasteiger partial charge >= 0.3 is 0 Å². The number of aromatic nitrogens is 2. The molecular formula is C7H13N3O3S. The summed E-state index contributed by atoms with van der Waals surface area (Å²) in [5, 5.41) is 6.36. The number of sulfonamides is 1. The molecule has 1 aromatic heterocycles. The van der Waals surface area contributed by atoms with Crippen molar-refractivity contribution in [2.45, 2.75) is 6.54 Å². The van der Waals surface area contributed by atoms with E-state index in [2.05, 4.69) is 19.7 Å². The summed E-state index contributed by atoms with van der Waals surface area (Å²) in [6, 6.07) is 1.71. The molecule has 0 spiro atoms. The molecule has 0 aliphatic carbocycles. The van der Waals surface area contributed by atoms with Crippen LogP contribution in [0.25, 0.3) is 0 Å². The van der Waals surface area contributed by atoms with E-state index in [0.717, 1.165) is 5.69 Å². The molecule has 0 saturated heterocycles. The van der Waals surface area contributed by atoms with Gasteiger partial charge < -0.3 is 4.74 Å². The Balaban J connectivity index is 2.37. The first-order valence-electron chi connectivity index (χ1n) is 4.08. The van der Waals surface area contributed by atoms with Gasteiger partial charge in [-0.2, -0.15) is 5.10 Å².